The highest BCUT2D eigenvalue weighted by atomic mass is 35.5. The summed E-state index contributed by atoms with van der Waals surface area (Å²) < 4.78 is 0. The third-order valence-electron chi connectivity index (χ3n) is 2.85. The van der Waals surface area contributed by atoms with Crippen molar-refractivity contribution in [1.29, 1.82) is 0 Å². The Kier molecular flexibility index (Phi) is 7.11. The summed E-state index contributed by atoms with van der Waals surface area (Å²) in [6.45, 7) is 5.93. The minimum atomic E-state index is -1.63. The van der Waals surface area contributed by atoms with E-state index < -0.39 is 7.12 Å². The van der Waals surface area contributed by atoms with Crippen LogP contribution in [0.15, 0.2) is 30.4 Å². The molecule has 0 saturated heterocycles. The summed E-state index contributed by atoms with van der Waals surface area (Å²) in [5, 5.41) is 23.5. The largest absolute Gasteiger partial charge is 0.488 e. The molecule has 0 aliphatic rings. The Bertz CT molecular complexity index is 578. The maximum atomic E-state index is 11.9. The second-order valence-electron chi connectivity index (χ2n) is 4.76. The Labute approximate surface area is 134 Å². The second-order valence-corrected chi connectivity index (χ2v) is 5.17. The number of rotatable bonds is 7. The molecule has 0 radical (unpaired) electrons. The zero-order chi connectivity index (χ0) is 16.7. The van der Waals surface area contributed by atoms with Crippen LogP contribution >= 0.6 is 11.6 Å². The van der Waals surface area contributed by atoms with Gasteiger partial charge in [0.05, 0.1) is 10.6 Å². The summed E-state index contributed by atoms with van der Waals surface area (Å²) in [6, 6.07) is 4.17. The van der Waals surface area contributed by atoms with Gasteiger partial charge in [-0.15, -0.1) is 0 Å². The van der Waals surface area contributed by atoms with Gasteiger partial charge in [-0.25, -0.2) is 0 Å². The van der Waals surface area contributed by atoms with Crippen molar-refractivity contribution in [2.75, 3.05) is 13.1 Å². The number of amides is 2. The number of hydrogen-bond donors (Lipinski definition) is 4. The molecule has 0 bridgehead atoms. The van der Waals surface area contributed by atoms with Gasteiger partial charge in [0.2, 0.25) is 5.91 Å². The maximum absolute atomic E-state index is 11.9. The van der Waals surface area contributed by atoms with Crippen molar-refractivity contribution in [3.8, 4) is 0 Å². The van der Waals surface area contributed by atoms with Crippen molar-refractivity contribution in [2.45, 2.75) is 13.3 Å². The van der Waals surface area contributed by atoms with Crippen LogP contribution in [0.25, 0.3) is 0 Å². The normalized spacial score (nSPS) is 10.0. The van der Waals surface area contributed by atoms with E-state index in [4.69, 9.17) is 21.6 Å². The van der Waals surface area contributed by atoms with Crippen LogP contribution in [0.1, 0.15) is 23.7 Å². The topological polar surface area (TPSA) is 98.7 Å². The summed E-state index contributed by atoms with van der Waals surface area (Å²) in [5.74, 6) is -0.581. The van der Waals surface area contributed by atoms with Crippen LogP contribution in [-0.4, -0.2) is 42.1 Å². The zero-order valence-electron chi connectivity index (χ0n) is 12.2. The van der Waals surface area contributed by atoms with Crippen LogP contribution in [0.5, 0.6) is 0 Å². The number of halogens is 1. The van der Waals surface area contributed by atoms with Gasteiger partial charge in [-0.1, -0.05) is 24.2 Å². The van der Waals surface area contributed by atoms with Crippen LogP contribution in [0.4, 0.5) is 0 Å². The molecule has 0 heterocycles. The Morgan fingerprint density at radius 3 is 2.45 bits per heavy atom. The molecule has 1 rings (SSSR count). The lowest BCUT2D eigenvalue weighted by atomic mass is 9.80. The Morgan fingerprint density at radius 2 is 1.91 bits per heavy atom. The predicted molar refractivity (Wildman–Crippen MR) is 86.1 cm³/mol. The molecule has 6 nitrogen and oxygen atoms in total. The molecule has 0 aromatic heterocycles. The van der Waals surface area contributed by atoms with Gasteiger partial charge in [-0.05, 0) is 30.9 Å². The molecule has 4 N–H and O–H groups in total. The van der Waals surface area contributed by atoms with Crippen LogP contribution in [0, 0.1) is 0 Å². The molecule has 0 aliphatic carbocycles. The second kappa shape index (κ2) is 8.58. The van der Waals surface area contributed by atoms with Crippen LogP contribution in [0.3, 0.4) is 0 Å². The molecule has 2 amide bonds. The number of carbonyl (C=O) groups excluding carboxylic acids is 2. The molecule has 0 saturated carbocycles. The highest BCUT2D eigenvalue weighted by molar-refractivity contribution is 6.59. The number of benzene rings is 1. The van der Waals surface area contributed by atoms with E-state index in [-0.39, 0.29) is 27.9 Å². The van der Waals surface area contributed by atoms with Crippen LogP contribution < -0.4 is 16.1 Å². The molecule has 0 fully saturated rings. The molecular formula is C14H18BClN2O4. The maximum Gasteiger partial charge on any atom is 0.488 e. The van der Waals surface area contributed by atoms with Crippen molar-refractivity contribution in [3.05, 3.63) is 40.9 Å². The van der Waals surface area contributed by atoms with Gasteiger partial charge in [0.25, 0.3) is 5.91 Å². The Balaban J connectivity index is 2.43. The standard InChI is InChI=1S/C14H18BClN2O4/c1-9(2)13(19)17-6-3-7-18-14(20)11-5-4-10(15(21)22)8-12(11)16/h4-5,8,21-22H,1,3,6-7H2,2H3,(H,17,19)(H,18,20). The Hall–Kier alpha value is -1.83. The summed E-state index contributed by atoms with van der Waals surface area (Å²) >= 11 is 5.94. The van der Waals surface area contributed by atoms with Crippen molar-refractivity contribution >= 4 is 36.0 Å². The van der Waals surface area contributed by atoms with Gasteiger partial charge < -0.3 is 20.7 Å². The van der Waals surface area contributed by atoms with Gasteiger partial charge in [0.1, 0.15) is 0 Å². The summed E-state index contributed by atoms with van der Waals surface area (Å²) in [4.78, 5) is 23.2. The van der Waals surface area contributed by atoms with Crippen molar-refractivity contribution in [2.24, 2.45) is 0 Å². The van der Waals surface area contributed by atoms with E-state index in [1.807, 2.05) is 0 Å². The number of hydrogen-bond acceptors (Lipinski definition) is 4. The lowest BCUT2D eigenvalue weighted by Gasteiger charge is -2.09. The Morgan fingerprint density at radius 1 is 1.27 bits per heavy atom. The predicted octanol–water partition coefficient (Wildman–Crippen LogP) is -0.168. The third-order valence-corrected chi connectivity index (χ3v) is 3.16. The summed E-state index contributed by atoms with van der Waals surface area (Å²) in [6.07, 6.45) is 0.565. The average molecular weight is 325 g/mol. The molecular weight excluding hydrogens is 306 g/mol. The zero-order valence-corrected chi connectivity index (χ0v) is 13.0. The van der Waals surface area contributed by atoms with Gasteiger partial charge in [-0.2, -0.15) is 0 Å². The van der Waals surface area contributed by atoms with E-state index in [1.165, 1.54) is 18.2 Å². The molecule has 118 valence electrons. The van der Waals surface area contributed by atoms with Crippen LogP contribution in [-0.2, 0) is 4.79 Å². The van der Waals surface area contributed by atoms with Gasteiger partial charge in [0.15, 0.2) is 0 Å². The molecule has 0 spiro atoms. The minimum Gasteiger partial charge on any atom is -0.423 e. The number of carbonyl (C=O) groups is 2. The van der Waals surface area contributed by atoms with E-state index in [9.17, 15) is 9.59 Å². The van der Waals surface area contributed by atoms with Crippen molar-refractivity contribution in [3.63, 3.8) is 0 Å². The highest BCUT2D eigenvalue weighted by Crippen LogP contribution is 2.13. The molecule has 0 unspecified atom stereocenters. The molecule has 1 aromatic carbocycles. The van der Waals surface area contributed by atoms with Crippen molar-refractivity contribution in [1.82, 2.24) is 10.6 Å². The molecule has 0 aliphatic heterocycles. The molecule has 1 aromatic rings. The van der Waals surface area contributed by atoms with E-state index in [1.54, 1.807) is 6.92 Å². The smallest absolute Gasteiger partial charge is 0.423 e. The van der Waals surface area contributed by atoms with E-state index in [2.05, 4.69) is 17.2 Å². The SMILES string of the molecule is C=C(C)C(=O)NCCCNC(=O)c1ccc(B(O)O)cc1Cl. The monoisotopic (exact) mass is 324 g/mol. The summed E-state index contributed by atoms with van der Waals surface area (Å²) in [5.41, 5.74) is 0.892. The fourth-order valence-corrected chi connectivity index (χ4v) is 1.89. The first kappa shape index (κ1) is 18.2. The summed E-state index contributed by atoms with van der Waals surface area (Å²) in [7, 11) is -1.63. The lowest BCUT2D eigenvalue weighted by molar-refractivity contribution is -0.117. The highest BCUT2D eigenvalue weighted by Gasteiger charge is 2.15. The fraction of sp³-hybridized carbons (Fsp3) is 0.286. The van der Waals surface area contributed by atoms with E-state index in [0.29, 0.717) is 25.1 Å². The quantitative estimate of drug-likeness (QED) is 0.318. The van der Waals surface area contributed by atoms with E-state index in [0.717, 1.165) is 0 Å². The minimum absolute atomic E-state index is 0.138. The molecule has 0 atom stereocenters. The van der Waals surface area contributed by atoms with Crippen molar-refractivity contribution < 1.29 is 19.6 Å². The first-order chi connectivity index (χ1) is 10.3. The van der Waals surface area contributed by atoms with E-state index >= 15 is 0 Å². The van der Waals surface area contributed by atoms with Gasteiger partial charge in [0, 0.05) is 18.7 Å². The van der Waals surface area contributed by atoms with Gasteiger partial charge >= 0.3 is 7.12 Å². The van der Waals surface area contributed by atoms with Crippen LogP contribution in [0.2, 0.25) is 5.02 Å². The van der Waals surface area contributed by atoms with Gasteiger partial charge in [-0.3, -0.25) is 9.59 Å². The first-order valence-electron chi connectivity index (χ1n) is 6.70. The molecule has 8 heteroatoms. The fourth-order valence-electron chi connectivity index (χ4n) is 1.61. The first-order valence-corrected chi connectivity index (χ1v) is 7.08. The third kappa shape index (κ3) is 5.52. The number of nitrogens with one attached hydrogen (secondary N) is 2. The lowest BCUT2D eigenvalue weighted by Crippen LogP contribution is -2.32. The molecule has 22 heavy (non-hydrogen) atoms. The average Bonchev–Trinajstić information content (AvgIpc) is 2.45.